The second-order valence-electron chi connectivity index (χ2n) is 5.76. The molecule has 0 saturated heterocycles. The highest BCUT2D eigenvalue weighted by Crippen LogP contribution is 2.17. The number of carbonyl (C=O) groups excluding carboxylic acids is 1. The zero-order valence-corrected chi connectivity index (χ0v) is 15.3. The lowest BCUT2D eigenvalue weighted by molar-refractivity contribution is 0.0915. The number of nitrogens with one attached hydrogen (secondary N) is 2. The van der Waals surface area contributed by atoms with Gasteiger partial charge in [-0.1, -0.05) is 25.1 Å². The van der Waals surface area contributed by atoms with Gasteiger partial charge in [0.05, 0.1) is 11.0 Å². The number of aliphatic hydroxyl groups excluding tert-OH is 1. The summed E-state index contributed by atoms with van der Waals surface area (Å²) in [5.41, 5.74) is 1.27. The normalized spacial score (nSPS) is 12.6. The van der Waals surface area contributed by atoms with E-state index in [1.54, 1.807) is 19.9 Å². The molecule has 3 N–H and O–H groups in total. The number of sulfonamides is 1. The van der Waals surface area contributed by atoms with Crippen LogP contribution < -0.4 is 10.0 Å². The molecule has 1 unspecified atom stereocenters. The lowest BCUT2D eigenvalue weighted by Gasteiger charge is -2.14. The predicted octanol–water partition coefficient (Wildman–Crippen LogP) is 1.90. The highest BCUT2D eigenvalue weighted by molar-refractivity contribution is 7.89. The molecule has 0 aliphatic carbocycles. The molecule has 0 aliphatic rings. The SMILES string of the molecule is CCNS(=O)(=O)c1ccc(C)c(C(=O)NCC(O)c2ccc(F)cc2)c1. The van der Waals surface area contributed by atoms with Gasteiger partial charge in [-0.25, -0.2) is 17.5 Å². The summed E-state index contributed by atoms with van der Waals surface area (Å²) in [6, 6.07) is 9.58. The number of carbonyl (C=O) groups is 1. The monoisotopic (exact) mass is 380 g/mol. The summed E-state index contributed by atoms with van der Waals surface area (Å²) in [5.74, 6) is -0.920. The Morgan fingerprint density at radius 2 is 1.85 bits per heavy atom. The van der Waals surface area contributed by atoms with Gasteiger partial charge in [0.15, 0.2) is 0 Å². The van der Waals surface area contributed by atoms with E-state index in [4.69, 9.17) is 0 Å². The molecule has 0 radical (unpaired) electrons. The van der Waals surface area contributed by atoms with E-state index in [-0.39, 0.29) is 23.5 Å². The molecular formula is C18H21FN2O4S. The third-order valence-corrected chi connectivity index (χ3v) is 5.35. The van der Waals surface area contributed by atoms with Crippen molar-refractivity contribution in [2.75, 3.05) is 13.1 Å². The fraction of sp³-hybridized carbons (Fsp3) is 0.278. The third-order valence-electron chi connectivity index (χ3n) is 3.81. The van der Waals surface area contributed by atoms with E-state index < -0.39 is 27.9 Å². The molecule has 0 fully saturated rings. The molecule has 2 aromatic rings. The molecule has 1 atom stereocenters. The van der Waals surface area contributed by atoms with Gasteiger partial charge in [0.25, 0.3) is 5.91 Å². The minimum Gasteiger partial charge on any atom is -0.387 e. The van der Waals surface area contributed by atoms with E-state index in [1.807, 2.05) is 0 Å². The van der Waals surface area contributed by atoms with Gasteiger partial charge in [0, 0.05) is 18.7 Å². The maximum Gasteiger partial charge on any atom is 0.251 e. The van der Waals surface area contributed by atoms with Crippen LogP contribution in [0.15, 0.2) is 47.4 Å². The Kier molecular flexibility index (Phi) is 6.47. The Labute approximate surface area is 152 Å². The van der Waals surface area contributed by atoms with Gasteiger partial charge in [-0.3, -0.25) is 4.79 Å². The fourth-order valence-corrected chi connectivity index (χ4v) is 3.44. The highest BCUT2D eigenvalue weighted by Gasteiger charge is 2.18. The molecule has 0 spiro atoms. The van der Waals surface area contributed by atoms with Gasteiger partial charge in [0.1, 0.15) is 5.82 Å². The maximum absolute atomic E-state index is 12.9. The summed E-state index contributed by atoms with van der Waals surface area (Å²) < 4.78 is 39.5. The summed E-state index contributed by atoms with van der Waals surface area (Å²) in [6.45, 7) is 3.50. The average molecular weight is 380 g/mol. The van der Waals surface area contributed by atoms with Gasteiger partial charge < -0.3 is 10.4 Å². The number of amides is 1. The topological polar surface area (TPSA) is 95.5 Å². The smallest absolute Gasteiger partial charge is 0.251 e. The average Bonchev–Trinajstić information content (AvgIpc) is 2.60. The van der Waals surface area contributed by atoms with Crippen molar-refractivity contribution in [1.82, 2.24) is 10.0 Å². The van der Waals surface area contributed by atoms with Crippen LogP contribution in [0.4, 0.5) is 4.39 Å². The molecule has 0 aromatic heterocycles. The van der Waals surface area contributed by atoms with Crippen molar-refractivity contribution in [3.05, 3.63) is 65.0 Å². The van der Waals surface area contributed by atoms with Crippen LogP contribution in [0.2, 0.25) is 0 Å². The van der Waals surface area contributed by atoms with Crippen LogP contribution in [0.1, 0.15) is 34.5 Å². The Bertz CT molecular complexity index is 883. The van der Waals surface area contributed by atoms with Crippen molar-refractivity contribution in [2.45, 2.75) is 24.8 Å². The second-order valence-corrected chi connectivity index (χ2v) is 7.52. The zero-order chi connectivity index (χ0) is 19.3. The zero-order valence-electron chi connectivity index (χ0n) is 14.5. The van der Waals surface area contributed by atoms with Crippen molar-refractivity contribution in [2.24, 2.45) is 0 Å². The molecule has 140 valence electrons. The fourth-order valence-electron chi connectivity index (χ4n) is 2.37. The Morgan fingerprint density at radius 1 is 1.19 bits per heavy atom. The molecule has 1 amide bonds. The molecule has 0 heterocycles. The number of hydrogen-bond acceptors (Lipinski definition) is 4. The van der Waals surface area contributed by atoms with E-state index in [2.05, 4.69) is 10.0 Å². The minimum atomic E-state index is -3.68. The van der Waals surface area contributed by atoms with Gasteiger partial charge in [-0.2, -0.15) is 0 Å². The van der Waals surface area contributed by atoms with Crippen LogP contribution in [-0.4, -0.2) is 32.5 Å². The van der Waals surface area contributed by atoms with E-state index >= 15 is 0 Å². The highest BCUT2D eigenvalue weighted by atomic mass is 32.2. The van der Waals surface area contributed by atoms with Crippen LogP contribution in [-0.2, 0) is 10.0 Å². The van der Waals surface area contributed by atoms with Crippen LogP contribution in [0, 0.1) is 12.7 Å². The van der Waals surface area contributed by atoms with E-state index in [1.165, 1.54) is 36.4 Å². The van der Waals surface area contributed by atoms with Gasteiger partial charge in [0.2, 0.25) is 10.0 Å². The Hall–Kier alpha value is -2.29. The quantitative estimate of drug-likeness (QED) is 0.684. The molecule has 0 aliphatic heterocycles. The number of aryl methyl sites for hydroxylation is 1. The van der Waals surface area contributed by atoms with Crippen molar-refractivity contribution < 1.29 is 22.7 Å². The lowest BCUT2D eigenvalue weighted by atomic mass is 10.1. The molecule has 2 aromatic carbocycles. The Balaban J connectivity index is 2.12. The first-order valence-electron chi connectivity index (χ1n) is 8.06. The molecule has 2 rings (SSSR count). The molecular weight excluding hydrogens is 359 g/mol. The number of hydrogen-bond donors (Lipinski definition) is 3. The van der Waals surface area contributed by atoms with Crippen LogP contribution in [0.3, 0.4) is 0 Å². The summed E-state index contributed by atoms with van der Waals surface area (Å²) in [5, 5.41) is 12.7. The first-order chi connectivity index (χ1) is 12.2. The molecule has 6 nitrogen and oxygen atoms in total. The van der Waals surface area contributed by atoms with E-state index in [9.17, 15) is 22.7 Å². The largest absolute Gasteiger partial charge is 0.387 e. The first kappa shape index (κ1) is 20.0. The summed E-state index contributed by atoms with van der Waals surface area (Å²) in [6.07, 6.45) is -1.01. The lowest BCUT2D eigenvalue weighted by Crippen LogP contribution is -2.29. The van der Waals surface area contributed by atoms with E-state index in [0.29, 0.717) is 11.1 Å². The van der Waals surface area contributed by atoms with Crippen molar-refractivity contribution in [1.29, 1.82) is 0 Å². The van der Waals surface area contributed by atoms with E-state index in [0.717, 1.165) is 0 Å². The molecule has 26 heavy (non-hydrogen) atoms. The first-order valence-corrected chi connectivity index (χ1v) is 9.55. The number of benzene rings is 2. The van der Waals surface area contributed by atoms with Crippen molar-refractivity contribution >= 4 is 15.9 Å². The minimum absolute atomic E-state index is 0.00539. The van der Waals surface area contributed by atoms with Crippen LogP contribution >= 0.6 is 0 Å². The maximum atomic E-state index is 12.9. The third kappa shape index (κ3) is 4.87. The number of halogens is 1. The number of rotatable bonds is 7. The van der Waals surface area contributed by atoms with Gasteiger partial charge in [-0.05, 0) is 42.3 Å². The van der Waals surface area contributed by atoms with Crippen LogP contribution in [0.5, 0.6) is 0 Å². The van der Waals surface area contributed by atoms with Crippen molar-refractivity contribution in [3.8, 4) is 0 Å². The Morgan fingerprint density at radius 3 is 2.46 bits per heavy atom. The molecule has 8 heteroatoms. The predicted molar refractivity (Wildman–Crippen MR) is 95.7 cm³/mol. The summed E-state index contributed by atoms with van der Waals surface area (Å²) >= 11 is 0. The molecule has 0 bridgehead atoms. The van der Waals surface area contributed by atoms with Crippen LogP contribution in [0.25, 0.3) is 0 Å². The molecule has 0 saturated carbocycles. The summed E-state index contributed by atoms with van der Waals surface area (Å²) in [7, 11) is -3.68. The van der Waals surface area contributed by atoms with Crippen molar-refractivity contribution in [3.63, 3.8) is 0 Å². The van der Waals surface area contributed by atoms with Gasteiger partial charge in [-0.15, -0.1) is 0 Å². The second kappa shape index (κ2) is 8.39. The standard InChI is InChI=1S/C18H21FN2O4S/c1-3-21-26(24,25)15-9-4-12(2)16(10-15)18(23)20-11-17(22)13-5-7-14(19)8-6-13/h4-10,17,21-22H,3,11H2,1-2H3,(H,20,23). The van der Waals surface area contributed by atoms with Gasteiger partial charge >= 0.3 is 0 Å². The summed E-state index contributed by atoms with van der Waals surface area (Å²) in [4.78, 5) is 12.4. The number of aliphatic hydroxyl groups is 1.